The Kier molecular flexibility index (Phi) is 4.30. The van der Waals surface area contributed by atoms with Crippen LogP contribution in [0.4, 0.5) is 4.39 Å². The van der Waals surface area contributed by atoms with E-state index in [1.807, 2.05) is 30.3 Å². The normalized spacial score (nSPS) is 13.9. The van der Waals surface area contributed by atoms with Crippen molar-refractivity contribution in [1.29, 1.82) is 0 Å². The molecule has 0 radical (unpaired) electrons. The third-order valence-electron chi connectivity index (χ3n) is 4.44. The van der Waals surface area contributed by atoms with Crippen molar-refractivity contribution in [2.45, 2.75) is 11.3 Å². The highest BCUT2D eigenvalue weighted by atomic mass is 32.2. The number of benzene rings is 3. The Balaban J connectivity index is 1.85. The molecule has 0 fully saturated rings. The van der Waals surface area contributed by atoms with Crippen LogP contribution in [0.1, 0.15) is 16.7 Å². The fourth-order valence-electron chi connectivity index (χ4n) is 3.13. The second-order valence-electron chi connectivity index (χ2n) is 6.27. The molecule has 0 saturated carbocycles. The highest BCUT2D eigenvalue weighted by molar-refractivity contribution is 7.89. The van der Waals surface area contributed by atoms with E-state index < -0.39 is 10.0 Å². The van der Waals surface area contributed by atoms with Gasteiger partial charge in [0, 0.05) is 23.1 Å². The average molecular weight is 381 g/mol. The van der Waals surface area contributed by atoms with E-state index in [1.165, 1.54) is 24.3 Å². The Morgan fingerprint density at radius 2 is 1.59 bits per heavy atom. The molecule has 27 heavy (non-hydrogen) atoms. The van der Waals surface area contributed by atoms with E-state index in [2.05, 4.69) is 0 Å². The minimum atomic E-state index is -3.77. The van der Waals surface area contributed by atoms with Crippen molar-refractivity contribution in [2.75, 3.05) is 0 Å². The summed E-state index contributed by atoms with van der Waals surface area (Å²) in [7, 11) is -3.77. The first kappa shape index (κ1) is 17.5. The number of nitrogens with two attached hydrogens (primary N) is 1. The van der Waals surface area contributed by atoms with Gasteiger partial charge in [-0.05, 0) is 48.0 Å². The predicted octanol–water partition coefficient (Wildman–Crippen LogP) is 3.98. The lowest BCUT2D eigenvalue weighted by atomic mass is 9.92. The first-order chi connectivity index (χ1) is 12.9. The number of sulfonamides is 1. The van der Waals surface area contributed by atoms with Gasteiger partial charge in [0.1, 0.15) is 17.3 Å². The maximum Gasteiger partial charge on any atom is 0.238 e. The van der Waals surface area contributed by atoms with E-state index in [0.29, 0.717) is 17.9 Å². The maximum atomic E-state index is 13.7. The molecule has 2 N–H and O–H groups in total. The zero-order valence-corrected chi connectivity index (χ0v) is 15.0. The van der Waals surface area contributed by atoms with Crippen molar-refractivity contribution in [1.82, 2.24) is 0 Å². The summed E-state index contributed by atoms with van der Waals surface area (Å²) in [5, 5.41) is 5.17. The lowest BCUT2D eigenvalue weighted by molar-refractivity contribution is 0.498. The van der Waals surface area contributed by atoms with Crippen LogP contribution in [0.15, 0.2) is 77.7 Å². The summed E-state index contributed by atoms with van der Waals surface area (Å²) in [6.45, 7) is 0. The van der Waals surface area contributed by atoms with Crippen LogP contribution in [0.5, 0.6) is 5.75 Å². The van der Waals surface area contributed by atoms with Gasteiger partial charge in [0.05, 0.1) is 4.90 Å². The first-order valence-electron chi connectivity index (χ1n) is 8.30. The molecule has 136 valence electrons. The van der Waals surface area contributed by atoms with Crippen molar-refractivity contribution < 1.29 is 17.5 Å². The molecule has 6 heteroatoms. The van der Waals surface area contributed by atoms with Crippen molar-refractivity contribution in [3.8, 4) is 5.75 Å². The van der Waals surface area contributed by atoms with E-state index in [-0.39, 0.29) is 10.7 Å². The second kappa shape index (κ2) is 6.64. The molecule has 0 bridgehead atoms. The Labute approximate surface area is 156 Å². The molecule has 3 aromatic rings. The van der Waals surface area contributed by atoms with Gasteiger partial charge < -0.3 is 4.74 Å². The van der Waals surface area contributed by atoms with Crippen LogP contribution in [-0.4, -0.2) is 8.42 Å². The first-order valence-corrected chi connectivity index (χ1v) is 9.84. The van der Waals surface area contributed by atoms with Gasteiger partial charge >= 0.3 is 0 Å². The van der Waals surface area contributed by atoms with Gasteiger partial charge in [-0.25, -0.2) is 17.9 Å². The van der Waals surface area contributed by atoms with Gasteiger partial charge in [-0.2, -0.15) is 0 Å². The zero-order valence-electron chi connectivity index (χ0n) is 14.2. The minimum Gasteiger partial charge on any atom is -0.456 e. The number of fused-ring (bicyclic) bond motifs is 1. The molecule has 0 aliphatic carbocycles. The quantitative estimate of drug-likeness (QED) is 0.746. The number of hydrogen-bond acceptors (Lipinski definition) is 3. The Bertz CT molecular complexity index is 1140. The topological polar surface area (TPSA) is 69.4 Å². The zero-order chi connectivity index (χ0) is 19.0. The molecule has 0 unspecified atom stereocenters. The van der Waals surface area contributed by atoms with E-state index in [9.17, 15) is 12.8 Å². The molecule has 1 aliphatic rings. The highest BCUT2D eigenvalue weighted by Gasteiger charge is 2.23. The van der Waals surface area contributed by atoms with Gasteiger partial charge in [0.2, 0.25) is 10.0 Å². The number of rotatable bonds is 3. The highest BCUT2D eigenvalue weighted by Crippen LogP contribution is 2.39. The third-order valence-corrected chi connectivity index (χ3v) is 5.37. The van der Waals surface area contributed by atoms with Crippen LogP contribution in [-0.2, 0) is 16.4 Å². The lowest BCUT2D eigenvalue weighted by Crippen LogP contribution is -2.13. The standard InChI is InChI=1S/C21H16FNO3S/c22-17-8-11-20-16(12-17)13-19(14-4-2-1-3-5-14)21(26-20)15-6-9-18(10-7-15)27(23,24)25/h1-12H,13H2,(H2,23,24,25). The molecule has 4 rings (SSSR count). The number of hydrogen-bond donors (Lipinski definition) is 1. The van der Waals surface area contributed by atoms with Crippen molar-refractivity contribution in [3.05, 3.63) is 95.3 Å². The summed E-state index contributed by atoms with van der Waals surface area (Å²) in [5.41, 5.74) is 3.34. The third kappa shape index (κ3) is 3.49. The van der Waals surface area contributed by atoms with Crippen LogP contribution in [0.25, 0.3) is 11.3 Å². The number of ether oxygens (including phenoxy) is 1. The van der Waals surface area contributed by atoms with Gasteiger partial charge in [0.25, 0.3) is 0 Å². The average Bonchev–Trinajstić information content (AvgIpc) is 2.67. The SMILES string of the molecule is NS(=O)(=O)c1ccc(C2=C(c3ccccc3)Cc3cc(F)ccc3O2)cc1. The van der Waals surface area contributed by atoms with Crippen molar-refractivity contribution >= 4 is 21.4 Å². The summed E-state index contributed by atoms with van der Waals surface area (Å²) < 4.78 is 42.8. The molecular formula is C21H16FNO3S. The molecular weight excluding hydrogens is 365 g/mol. The van der Waals surface area contributed by atoms with E-state index >= 15 is 0 Å². The number of primary sulfonamides is 1. The molecule has 0 atom stereocenters. The largest absolute Gasteiger partial charge is 0.456 e. The summed E-state index contributed by atoms with van der Waals surface area (Å²) in [4.78, 5) is 0.0337. The molecule has 1 heterocycles. The Hall–Kier alpha value is -2.96. The predicted molar refractivity (Wildman–Crippen MR) is 102 cm³/mol. The van der Waals surface area contributed by atoms with Gasteiger partial charge in [-0.3, -0.25) is 0 Å². The van der Waals surface area contributed by atoms with E-state index in [0.717, 1.165) is 22.3 Å². The molecule has 0 spiro atoms. The number of halogens is 1. The van der Waals surface area contributed by atoms with Gasteiger partial charge in [-0.1, -0.05) is 30.3 Å². The monoisotopic (exact) mass is 381 g/mol. The lowest BCUT2D eigenvalue weighted by Gasteiger charge is -2.24. The Morgan fingerprint density at radius 3 is 2.26 bits per heavy atom. The minimum absolute atomic E-state index is 0.0337. The van der Waals surface area contributed by atoms with E-state index in [1.54, 1.807) is 18.2 Å². The molecule has 0 amide bonds. The van der Waals surface area contributed by atoms with Crippen molar-refractivity contribution in [2.24, 2.45) is 5.14 Å². The summed E-state index contributed by atoms with van der Waals surface area (Å²) in [6.07, 6.45) is 0.503. The second-order valence-corrected chi connectivity index (χ2v) is 7.84. The van der Waals surface area contributed by atoms with Crippen LogP contribution in [0.3, 0.4) is 0 Å². The van der Waals surface area contributed by atoms with Crippen LogP contribution >= 0.6 is 0 Å². The van der Waals surface area contributed by atoms with Crippen LogP contribution in [0.2, 0.25) is 0 Å². The van der Waals surface area contributed by atoms with Gasteiger partial charge in [0.15, 0.2) is 0 Å². The summed E-state index contributed by atoms with van der Waals surface area (Å²) in [5.74, 6) is 0.883. The molecule has 1 aliphatic heterocycles. The smallest absolute Gasteiger partial charge is 0.238 e. The van der Waals surface area contributed by atoms with E-state index in [4.69, 9.17) is 9.88 Å². The van der Waals surface area contributed by atoms with Crippen LogP contribution in [0, 0.1) is 5.82 Å². The maximum absolute atomic E-state index is 13.7. The van der Waals surface area contributed by atoms with Crippen molar-refractivity contribution in [3.63, 3.8) is 0 Å². The summed E-state index contributed by atoms with van der Waals surface area (Å²) >= 11 is 0. The van der Waals surface area contributed by atoms with Crippen LogP contribution < -0.4 is 9.88 Å². The molecule has 0 saturated heterocycles. The fraction of sp³-hybridized carbons (Fsp3) is 0.0476. The summed E-state index contributed by atoms with van der Waals surface area (Å²) in [6, 6.07) is 20.3. The number of allylic oxidation sites excluding steroid dienone is 1. The fourth-order valence-corrected chi connectivity index (χ4v) is 3.65. The van der Waals surface area contributed by atoms with Gasteiger partial charge in [-0.15, -0.1) is 0 Å². The molecule has 3 aromatic carbocycles. The molecule has 0 aromatic heterocycles. The molecule has 4 nitrogen and oxygen atoms in total. The Morgan fingerprint density at radius 1 is 0.889 bits per heavy atom.